The van der Waals surface area contributed by atoms with Gasteiger partial charge in [0.15, 0.2) is 0 Å². The molecule has 1 aliphatic heterocycles. The number of aryl methyl sites for hydroxylation is 2. The SMILES string of the molecule is Cc1coc(-c2ccc(C)c(NC(=O)N3CCCC(C(=O)O)C3)c2)n1. The number of urea groups is 1. The molecule has 2 N–H and O–H groups in total. The predicted molar refractivity (Wildman–Crippen MR) is 92.4 cm³/mol. The van der Waals surface area contributed by atoms with Gasteiger partial charge in [-0.1, -0.05) is 6.07 Å². The number of likely N-dealkylation sites (tertiary alicyclic amines) is 1. The van der Waals surface area contributed by atoms with Gasteiger partial charge >= 0.3 is 12.0 Å². The van der Waals surface area contributed by atoms with Crippen molar-refractivity contribution in [2.45, 2.75) is 26.7 Å². The van der Waals surface area contributed by atoms with Crippen molar-refractivity contribution in [2.24, 2.45) is 5.92 Å². The van der Waals surface area contributed by atoms with Crippen LogP contribution in [-0.4, -0.2) is 40.1 Å². The molecule has 1 aromatic heterocycles. The summed E-state index contributed by atoms with van der Waals surface area (Å²) in [5.74, 6) is -0.853. The fraction of sp³-hybridized carbons (Fsp3) is 0.389. The van der Waals surface area contributed by atoms with Crippen LogP contribution in [0.15, 0.2) is 28.9 Å². The molecule has 0 aliphatic carbocycles. The average molecular weight is 343 g/mol. The van der Waals surface area contributed by atoms with E-state index in [0.29, 0.717) is 31.0 Å². The molecular formula is C18H21N3O4. The van der Waals surface area contributed by atoms with Crippen LogP contribution in [0.3, 0.4) is 0 Å². The number of aliphatic carboxylic acids is 1. The van der Waals surface area contributed by atoms with Gasteiger partial charge in [-0.25, -0.2) is 9.78 Å². The van der Waals surface area contributed by atoms with Gasteiger partial charge < -0.3 is 19.7 Å². The summed E-state index contributed by atoms with van der Waals surface area (Å²) in [6.45, 7) is 4.54. The number of carboxylic acids is 1. The molecule has 1 aliphatic rings. The zero-order chi connectivity index (χ0) is 18.0. The molecule has 25 heavy (non-hydrogen) atoms. The molecule has 132 valence electrons. The van der Waals surface area contributed by atoms with E-state index in [1.807, 2.05) is 32.0 Å². The van der Waals surface area contributed by atoms with Crippen LogP contribution >= 0.6 is 0 Å². The molecule has 0 bridgehead atoms. The number of piperidine rings is 1. The van der Waals surface area contributed by atoms with Gasteiger partial charge in [0.1, 0.15) is 6.26 Å². The van der Waals surface area contributed by atoms with Crippen molar-refractivity contribution in [3.05, 3.63) is 35.7 Å². The van der Waals surface area contributed by atoms with Crippen molar-refractivity contribution in [3.8, 4) is 11.5 Å². The van der Waals surface area contributed by atoms with E-state index in [1.54, 1.807) is 11.2 Å². The third-order valence-electron chi connectivity index (χ3n) is 4.40. The molecule has 7 heteroatoms. The largest absolute Gasteiger partial charge is 0.481 e. The summed E-state index contributed by atoms with van der Waals surface area (Å²) < 4.78 is 5.41. The van der Waals surface area contributed by atoms with Gasteiger partial charge in [-0.2, -0.15) is 0 Å². The number of rotatable bonds is 3. The van der Waals surface area contributed by atoms with E-state index in [1.165, 1.54) is 0 Å². The van der Waals surface area contributed by atoms with Crippen LogP contribution < -0.4 is 5.32 Å². The second-order valence-corrected chi connectivity index (χ2v) is 6.38. The number of nitrogens with one attached hydrogen (secondary N) is 1. The minimum Gasteiger partial charge on any atom is -0.481 e. The smallest absolute Gasteiger partial charge is 0.321 e. The molecule has 3 rings (SSSR count). The molecule has 1 unspecified atom stereocenters. The number of carbonyl (C=O) groups is 2. The lowest BCUT2D eigenvalue weighted by Crippen LogP contribution is -2.44. The monoisotopic (exact) mass is 343 g/mol. The van der Waals surface area contributed by atoms with Crippen molar-refractivity contribution in [1.82, 2.24) is 9.88 Å². The van der Waals surface area contributed by atoms with E-state index in [0.717, 1.165) is 16.8 Å². The highest BCUT2D eigenvalue weighted by molar-refractivity contribution is 5.91. The maximum absolute atomic E-state index is 12.5. The van der Waals surface area contributed by atoms with Crippen LogP contribution in [0.1, 0.15) is 24.1 Å². The van der Waals surface area contributed by atoms with Crippen molar-refractivity contribution < 1.29 is 19.1 Å². The van der Waals surface area contributed by atoms with E-state index in [9.17, 15) is 9.59 Å². The summed E-state index contributed by atoms with van der Waals surface area (Å²) in [6.07, 6.45) is 2.88. The van der Waals surface area contributed by atoms with E-state index in [-0.39, 0.29) is 12.6 Å². The highest BCUT2D eigenvalue weighted by atomic mass is 16.4. The number of aromatic nitrogens is 1. The maximum atomic E-state index is 12.5. The standard InChI is InChI=1S/C18H21N3O4/c1-11-5-6-13(16-19-12(2)10-25-16)8-15(11)20-18(24)21-7-3-4-14(9-21)17(22)23/h5-6,8,10,14H,3-4,7,9H2,1-2H3,(H,20,24)(H,22,23). The fourth-order valence-corrected chi connectivity index (χ4v) is 2.93. The summed E-state index contributed by atoms with van der Waals surface area (Å²) >= 11 is 0. The average Bonchev–Trinajstić information content (AvgIpc) is 3.03. The Bertz CT molecular complexity index is 799. The number of oxazole rings is 1. The lowest BCUT2D eigenvalue weighted by molar-refractivity contribution is -0.143. The summed E-state index contributed by atoms with van der Waals surface area (Å²) in [7, 11) is 0. The highest BCUT2D eigenvalue weighted by Crippen LogP contribution is 2.26. The lowest BCUT2D eigenvalue weighted by Gasteiger charge is -2.30. The predicted octanol–water partition coefficient (Wildman–Crippen LogP) is 3.29. The molecule has 1 atom stereocenters. The second-order valence-electron chi connectivity index (χ2n) is 6.38. The van der Waals surface area contributed by atoms with E-state index in [2.05, 4.69) is 10.3 Å². The van der Waals surface area contributed by atoms with Crippen LogP contribution in [0.25, 0.3) is 11.5 Å². The Hall–Kier alpha value is -2.83. The van der Waals surface area contributed by atoms with Gasteiger partial charge in [0.2, 0.25) is 5.89 Å². The second kappa shape index (κ2) is 6.96. The molecule has 0 radical (unpaired) electrons. The Kier molecular flexibility index (Phi) is 4.74. The Balaban J connectivity index is 1.75. The minimum absolute atomic E-state index is 0.235. The number of benzene rings is 1. The fourth-order valence-electron chi connectivity index (χ4n) is 2.93. The molecule has 1 saturated heterocycles. The normalized spacial score (nSPS) is 17.4. The lowest BCUT2D eigenvalue weighted by atomic mass is 9.99. The van der Waals surface area contributed by atoms with Gasteiger partial charge in [0, 0.05) is 24.3 Å². The Morgan fingerprint density at radius 2 is 2.16 bits per heavy atom. The Morgan fingerprint density at radius 1 is 1.36 bits per heavy atom. The first-order chi connectivity index (χ1) is 11.9. The molecule has 0 saturated carbocycles. The number of hydrogen-bond acceptors (Lipinski definition) is 4. The molecular weight excluding hydrogens is 322 g/mol. The van der Waals surface area contributed by atoms with Crippen molar-refractivity contribution in [2.75, 3.05) is 18.4 Å². The Morgan fingerprint density at radius 3 is 2.84 bits per heavy atom. The molecule has 2 heterocycles. The molecule has 2 aromatic rings. The first-order valence-electron chi connectivity index (χ1n) is 8.26. The van der Waals surface area contributed by atoms with Crippen LogP contribution in [0.2, 0.25) is 0 Å². The van der Waals surface area contributed by atoms with Gasteiger partial charge in [-0.05, 0) is 44.4 Å². The first kappa shape index (κ1) is 17.0. The topological polar surface area (TPSA) is 95.7 Å². The summed E-state index contributed by atoms with van der Waals surface area (Å²) in [4.78, 5) is 29.5. The highest BCUT2D eigenvalue weighted by Gasteiger charge is 2.28. The Labute approximate surface area is 145 Å². The van der Waals surface area contributed by atoms with Gasteiger partial charge in [-0.15, -0.1) is 0 Å². The van der Waals surface area contributed by atoms with Crippen LogP contribution in [-0.2, 0) is 4.79 Å². The van der Waals surface area contributed by atoms with Crippen molar-refractivity contribution in [3.63, 3.8) is 0 Å². The number of nitrogens with zero attached hydrogens (tertiary/aromatic N) is 2. The third kappa shape index (κ3) is 3.81. The zero-order valence-corrected chi connectivity index (χ0v) is 14.3. The van der Waals surface area contributed by atoms with Gasteiger partial charge in [-0.3, -0.25) is 4.79 Å². The van der Waals surface area contributed by atoms with Gasteiger partial charge in [0.05, 0.1) is 11.6 Å². The van der Waals surface area contributed by atoms with Crippen molar-refractivity contribution >= 4 is 17.7 Å². The van der Waals surface area contributed by atoms with Crippen LogP contribution in [0.4, 0.5) is 10.5 Å². The van der Waals surface area contributed by atoms with E-state index < -0.39 is 11.9 Å². The van der Waals surface area contributed by atoms with Gasteiger partial charge in [0.25, 0.3) is 0 Å². The number of carbonyl (C=O) groups excluding carboxylic acids is 1. The number of amides is 2. The number of hydrogen-bond donors (Lipinski definition) is 2. The van der Waals surface area contributed by atoms with E-state index >= 15 is 0 Å². The summed E-state index contributed by atoms with van der Waals surface area (Å²) in [5.41, 5.74) is 3.13. The summed E-state index contributed by atoms with van der Waals surface area (Å²) in [5, 5.41) is 12.0. The minimum atomic E-state index is -0.852. The van der Waals surface area contributed by atoms with E-state index in [4.69, 9.17) is 9.52 Å². The zero-order valence-electron chi connectivity index (χ0n) is 14.3. The quantitative estimate of drug-likeness (QED) is 0.891. The molecule has 1 fully saturated rings. The van der Waals surface area contributed by atoms with Crippen LogP contribution in [0, 0.1) is 19.8 Å². The number of anilines is 1. The maximum Gasteiger partial charge on any atom is 0.321 e. The first-order valence-corrected chi connectivity index (χ1v) is 8.26. The van der Waals surface area contributed by atoms with Crippen LogP contribution in [0.5, 0.6) is 0 Å². The van der Waals surface area contributed by atoms with Crippen molar-refractivity contribution in [1.29, 1.82) is 0 Å². The third-order valence-corrected chi connectivity index (χ3v) is 4.40. The molecule has 1 aromatic carbocycles. The molecule has 0 spiro atoms. The molecule has 2 amide bonds. The molecule has 7 nitrogen and oxygen atoms in total. The summed E-state index contributed by atoms with van der Waals surface area (Å²) in [6, 6.07) is 5.31. The number of carboxylic acid groups (broad SMARTS) is 1.